The Kier molecular flexibility index (Phi) is 5.66. The highest BCUT2D eigenvalue weighted by atomic mass is 32.2. The standard InChI is InChI=1S/C25H21N3O4S2/c1-15-21(14-27-33-15)17-7-10-20(22-4-2-3-11-26-22)23(12-17)28-34(31,32)24-13-18(25(29)30)8-9-19(24)16-5-6-16/h2-4,7-14,16,28H,5-6H2,1H3,(H,29,30). The molecule has 0 unspecified atom stereocenters. The van der Waals surface area contributed by atoms with Gasteiger partial charge in [0.1, 0.15) is 0 Å². The lowest BCUT2D eigenvalue weighted by molar-refractivity contribution is 0.0696. The number of aromatic nitrogens is 2. The molecule has 4 aromatic rings. The Balaban J connectivity index is 1.64. The predicted octanol–water partition coefficient (Wildman–Crippen LogP) is 5.56. The fourth-order valence-electron chi connectivity index (χ4n) is 3.95. The fourth-order valence-corrected chi connectivity index (χ4v) is 5.93. The average molecular weight is 492 g/mol. The minimum Gasteiger partial charge on any atom is -0.478 e. The van der Waals surface area contributed by atoms with Crippen LogP contribution >= 0.6 is 11.5 Å². The summed E-state index contributed by atoms with van der Waals surface area (Å²) >= 11 is 1.38. The zero-order valence-corrected chi connectivity index (χ0v) is 19.9. The third-order valence-electron chi connectivity index (χ3n) is 5.83. The van der Waals surface area contributed by atoms with Gasteiger partial charge in [0.2, 0.25) is 0 Å². The van der Waals surface area contributed by atoms with Gasteiger partial charge in [-0.3, -0.25) is 9.71 Å². The van der Waals surface area contributed by atoms with E-state index in [-0.39, 0.29) is 16.4 Å². The van der Waals surface area contributed by atoms with Gasteiger partial charge in [-0.1, -0.05) is 24.3 Å². The first-order valence-electron chi connectivity index (χ1n) is 10.7. The van der Waals surface area contributed by atoms with E-state index < -0.39 is 16.0 Å². The number of benzene rings is 2. The SMILES string of the molecule is Cc1sncc1-c1ccc(-c2ccccn2)c(NS(=O)(=O)c2cc(C(=O)O)ccc2C2CC2)c1. The van der Waals surface area contributed by atoms with Crippen LogP contribution in [0.4, 0.5) is 5.69 Å². The zero-order chi connectivity index (χ0) is 23.9. The van der Waals surface area contributed by atoms with Crippen molar-refractivity contribution in [3.63, 3.8) is 0 Å². The maximum absolute atomic E-state index is 13.6. The largest absolute Gasteiger partial charge is 0.478 e. The molecule has 0 saturated heterocycles. The van der Waals surface area contributed by atoms with Crippen LogP contribution in [0.15, 0.2) is 71.9 Å². The first kappa shape index (κ1) is 22.2. The van der Waals surface area contributed by atoms with Crippen molar-refractivity contribution in [1.29, 1.82) is 0 Å². The molecule has 0 radical (unpaired) electrons. The van der Waals surface area contributed by atoms with E-state index in [1.54, 1.807) is 30.6 Å². The van der Waals surface area contributed by atoms with Crippen molar-refractivity contribution in [2.24, 2.45) is 0 Å². The van der Waals surface area contributed by atoms with Crippen LogP contribution in [0.2, 0.25) is 0 Å². The summed E-state index contributed by atoms with van der Waals surface area (Å²) in [5, 5.41) is 9.44. The van der Waals surface area contributed by atoms with Crippen LogP contribution in [0.3, 0.4) is 0 Å². The summed E-state index contributed by atoms with van der Waals surface area (Å²) in [4.78, 5) is 17.0. The molecule has 2 N–H and O–H groups in total. The monoisotopic (exact) mass is 491 g/mol. The Hall–Kier alpha value is -3.56. The normalized spacial score (nSPS) is 13.6. The van der Waals surface area contributed by atoms with Crippen molar-refractivity contribution in [2.45, 2.75) is 30.6 Å². The van der Waals surface area contributed by atoms with Crippen LogP contribution in [0.1, 0.15) is 39.6 Å². The molecule has 9 heteroatoms. The van der Waals surface area contributed by atoms with Crippen molar-refractivity contribution in [2.75, 3.05) is 4.72 Å². The van der Waals surface area contributed by atoms with Gasteiger partial charge in [-0.2, -0.15) is 0 Å². The molecule has 0 amide bonds. The van der Waals surface area contributed by atoms with Gasteiger partial charge in [0.15, 0.2) is 0 Å². The minimum absolute atomic E-state index is 0.000606. The minimum atomic E-state index is -4.09. The Bertz CT molecular complexity index is 1490. The summed E-state index contributed by atoms with van der Waals surface area (Å²) in [6, 6.07) is 15.3. The number of anilines is 1. The average Bonchev–Trinajstić information content (AvgIpc) is 3.59. The molecule has 1 saturated carbocycles. The molecule has 7 nitrogen and oxygen atoms in total. The Morgan fingerprint density at radius 3 is 2.56 bits per heavy atom. The Labute approximate surface area is 201 Å². The molecule has 5 rings (SSSR count). The molecule has 0 aliphatic heterocycles. The molecule has 2 aromatic carbocycles. The van der Waals surface area contributed by atoms with Crippen LogP contribution < -0.4 is 4.72 Å². The molecule has 2 aromatic heterocycles. The van der Waals surface area contributed by atoms with Gasteiger partial charge >= 0.3 is 5.97 Å². The maximum atomic E-state index is 13.6. The van der Waals surface area contributed by atoms with Gasteiger partial charge in [0.05, 0.1) is 21.8 Å². The van der Waals surface area contributed by atoms with Crippen molar-refractivity contribution in [3.8, 4) is 22.4 Å². The van der Waals surface area contributed by atoms with Crippen LogP contribution in [-0.4, -0.2) is 28.9 Å². The summed E-state index contributed by atoms with van der Waals surface area (Å²) in [5.74, 6) is -1.05. The lowest BCUT2D eigenvalue weighted by atomic mass is 10.0. The number of rotatable bonds is 7. The second-order valence-corrected chi connectivity index (χ2v) is 10.9. The molecular weight excluding hydrogens is 470 g/mol. The molecule has 172 valence electrons. The van der Waals surface area contributed by atoms with Gasteiger partial charge in [-0.15, -0.1) is 0 Å². The van der Waals surface area contributed by atoms with E-state index in [1.807, 2.05) is 31.2 Å². The number of hydrogen-bond donors (Lipinski definition) is 2. The molecule has 2 heterocycles. The van der Waals surface area contributed by atoms with E-state index in [9.17, 15) is 18.3 Å². The maximum Gasteiger partial charge on any atom is 0.335 e. The van der Waals surface area contributed by atoms with Crippen LogP contribution in [0.5, 0.6) is 0 Å². The van der Waals surface area contributed by atoms with Gasteiger partial charge in [0.25, 0.3) is 10.0 Å². The summed E-state index contributed by atoms with van der Waals surface area (Å²) in [6.07, 6.45) is 5.17. The van der Waals surface area contributed by atoms with Crippen molar-refractivity contribution < 1.29 is 18.3 Å². The molecule has 0 spiro atoms. The number of aromatic carboxylic acids is 1. The second kappa shape index (κ2) is 8.66. The highest BCUT2D eigenvalue weighted by molar-refractivity contribution is 7.92. The number of aryl methyl sites for hydroxylation is 1. The summed E-state index contributed by atoms with van der Waals surface area (Å²) in [7, 11) is -4.09. The lowest BCUT2D eigenvalue weighted by Gasteiger charge is -2.16. The number of carboxylic acids is 1. The van der Waals surface area contributed by atoms with Crippen LogP contribution in [-0.2, 0) is 10.0 Å². The molecule has 34 heavy (non-hydrogen) atoms. The predicted molar refractivity (Wildman–Crippen MR) is 132 cm³/mol. The van der Waals surface area contributed by atoms with Gasteiger partial charge in [0, 0.05) is 28.4 Å². The first-order valence-corrected chi connectivity index (χ1v) is 13.0. The third-order valence-corrected chi connectivity index (χ3v) is 7.96. The highest BCUT2D eigenvalue weighted by Gasteiger charge is 2.31. The summed E-state index contributed by atoms with van der Waals surface area (Å²) < 4.78 is 34.3. The quantitative estimate of drug-likeness (QED) is 0.350. The number of nitrogens with zero attached hydrogens (tertiary/aromatic N) is 2. The van der Waals surface area contributed by atoms with E-state index in [0.717, 1.165) is 28.8 Å². The summed E-state index contributed by atoms with van der Waals surface area (Å²) in [6.45, 7) is 1.96. The van der Waals surface area contributed by atoms with E-state index in [1.165, 1.54) is 23.7 Å². The van der Waals surface area contributed by atoms with Crippen LogP contribution in [0.25, 0.3) is 22.4 Å². The smallest absolute Gasteiger partial charge is 0.335 e. The molecule has 1 aliphatic rings. The number of sulfonamides is 1. The van der Waals surface area contributed by atoms with Crippen molar-refractivity contribution in [3.05, 3.63) is 83.0 Å². The zero-order valence-electron chi connectivity index (χ0n) is 18.2. The number of hydrogen-bond acceptors (Lipinski definition) is 6. The van der Waals surface area contributed by atoms with E-state index in [0.29, 0.717) is 22.5 Å². The molecule has 1 fully saturated rings. The van der Waals surface area contributed by atoms with Gasteiger partial charge < -0.3 is 5.11 Å². The molecule has 1 aliphatic carbocycles. The van der Waals surface area contributed by atoms with E-state index >= 15 is 0 Å². The number of carbonyl (C=O) groups is 1. The first-order chi connectivity index (χ1) is 16.3. The lowest BCUT2D eigenvalue weighted by Crippen LogP contribution is -2.16. The Morgan fingerprint density at radius 1 is 1.09 bits per heavy atom. The molecule has 0 atom stereocenters. The van der Waals surface area contributed by atoms with Crippen molar-refractivity contribution in [1.82, 2.24) is 9.36 Å². The third kappa shape index (κ3) is 4.32. The van der Waals surface area contributed by atoms with Gasteiger partial charge in [-0.25, -0.2) is 17.6 Å². The molecular formula is C25H21N3O4S2. The molecule has 0 bridgehead atoms. The number of nitrogens with one attached hydrogen (secondary N) is 1. The summed E-state index contributed by atoms with van der Waals surface area (Å²) in [5.41, 5.74) is 3.93. The van der Waals surface area contributed by atoms with Crippen LogP contribution in [0, 0.1) is 6.92 Å². The Morgan fingerprint density at radius 2 is 1.91 bits per heavy atom. The number of pyridine rings is 1. The number of carboxylic acid groups (broad SMARTS) is 1. The van der Waals surface area contributed by atoms with Gasteiger partial charge in [-0.05, 0) is 78.7 Å². The van der Waals surface area contributed by atoms with E-state index in [2.05, 4.69) is 14.1 Å². The fraction of sp³-hybridized carbons (Fsp3) is 0.160. The van der Waals surface area contributed by atoms with Crippen molar-refractivity contribution >= 4 is 33.2 Å². The highest BCUT2D eigenvalue weighted by Crippen LogP contribution is 2.44. The van der Waals surface area contributed by atoms with E-state index in [4.69, 9.17) is 0 Å². The topological polar surface area (TPSA) is 109 Å². The second-order valence-electron chi connectivity index (χ2n) is 8.21.